The summed E-state index contributed by atoms with van der Waals surface area (Å²) >= 11 is 1.51. The molecule has 4 rings (SSSR count). The first-order valence-electron chi connectivity index (χ1n) is 9.49. The van der Waals surface area contributed by atoms with E-state index in [4.69, 9.17) is 0 Å². The summed E-state index contributed by atoms with van der Waals surface area (Å²) in [4.78, 5) is 32.3. The van der Waals surface area contributed by atoms with Crippen molar-refractivity contribution in [2.45, 2.75) is 6.92 Å². The second-order valence-corrected chi connectivity index (χ2v) is 7.55. The largest absolute Gasteiger partial charge is 0.332 e. The van der Waals surface area contributed by atoms with E-state index in [0.29, 0.717) is 16.9 Å². The number of amides is 2. The van der Waals surface area contributed by atoms with Crippen molar-refractivity contribution >= 4 is 45.3 Å². The maximum Gasteiger partial charge on any atom is 0.255 e. The SMILES string of the molecule is CC(=O)Nc1cccc(C(=O)Nc2ccc(Nc3nc(-c4ccncc4)cs3)cc2)c1. The fraction of sp³-hybridized carbons (Fsp3) is 0.0435. The third kappa shape index (κ3) is 5.31. The summed E-state index contributed by atoms with van der Waals surface area (Å²) in [7, 11) is 0. The van der Waals surface area contributed by atoms with Crippen molar-refractivity contribution in [3.8, 4) is 11.3 Å². The molecule has 0 bridgehead atoms. The van der Waals surface area contributed by atoms with Crippen molar-refractivity contribution < 1.29 is 9.59 Å². The summed E-state index contributed by atoms with van der Waals surface area (Å²) in [6.07, 6.45) is 3.48. The third-order valence-corrected chi connectivity index (χ3v) is 5.08. The Labute approximate surface area is 183 Å². The number of benzene rings is 2. The summed E-state index contributed by atoms with van der Waals surface area (Å²) in [6.45, 7) is 1.42. The summed E-state index contributed by atoms with van der Waals surface area (Å²) < 4.78 is 0. The Morgan fingerprint density at radius 1 is 0.871 bits per heavy atom. The van der Waals surface area contributed by atoms with Gasteiger partial charge in [-0.2, -0.15) is 0 Å². The minimum atomic E-state index is -0.255. The van der Waals surface area contributed by atoms with Crippen molar-refractivity contribution in [3.05, 3.63) is 84.0 Å². The van der Waals surface area contributed by atoms with Crippen LogP contribution in [0.4, 0.5) is 22.2 Å². The lowest BCUT2D eigenvalue weighted by Crippen LogP contribution is -2.13. The van der Waals surface area contributed by atoms with Gasteiger partial charge in [0.15, 0.2) is 5.13 Å². The van der Waals surface area contributed by atoms with Crippen LogP contribution in [-0.4, -0.2) is 21.8 Å². The number of thiazole rings is 1. The van der Waals surface area contributed by atoms with E-state index in [-0.39, 0.29) is 11.8 Å². The van der Waals surface area contributed by atoms with Crippen molar-refractivity contribution in [3.63, 3.8) is 0 Å². The van der Waals surface area contributed by atoms with Gasteiger partial charge in [0.2, 0.25) is 5.91 Å². The first kappa shape index (κ1) is 20.2. The molecule has 2 aromatic heterocycles. The van der Waals surface area contributed by atoms with E-state index in [1.807, 2.05) is 41.8 Å². The highest BCUT2D eigenvalue weighted by Crippen LogP contribution is 2.27. The number of carbonyl (C=O) groups excluding carboxylic acids is 2. The molecule has 7 nitrogen and oxygen atoms in total. The zero-order valence-corrected chi connectivity index (χ0v) is 17.4. The zero-order chi connectivity index (χ0) is 21.6. The normalized spacial score (nSPS) is 10.4. The second-order valence-electron chi connectivity index (χ2n) is 6.69. The molecule has 2 aromatic carbocycles. The average molecular weight is 430 g/mol. The van der Waals surface area contributed by atoms with E-state index >= 15 is 0 Å². The molecule has 0 spiro atoms. The van der Waals surface area contributed by atoms with Crippen LogP contribution in [0.5, 0.6) is 0 Å². The first-order chi connectivity index (χ1) is 15.1. The maximum absolute atomic E-state index is 12.5. The van der Waals surface area contributed by atoms with Crippen LogP contribution in [0.2, 0.25) is 0 Å². The Morgan fingerprint density at radius 3 is 2.35 bits per heavy atom. The molecule has 0 aliphatic carbocycles. The Kier molecular flexibility index (Phi) is 6.00. The molecule has 0 saturated heterocycles. The van der Waals surface area contributed by atoms with Gasteiger partial charge in [-0.05, 0) is 54.6 Å². The van der Waals surface area contributed by atoms with Gasteiger partial charge in [0.05, 0.1) is 5.69 Å². The smallest absolute Gasteiger partial charge is 0.255 e. The Balaban J connectivity index is 1.39. The van der Waals surface area contributed by atoms with E-state index in [9.17, 15) is 9.59 Å². The second kappa shape index (κ2) is 9.19. The van der Waals surface area contributed by atoms with Gasteiger partial charge in [0.1, 0.15) is 0 Å². The number of nitrogens with one attached hydrogen (secondary N) is 3. The number of anilines is 4. The predicted molar refractivity (Wildman–Crippen MR) is 124 cm³/mol. The summed E-state index contributed by atoms with van der Waals surface area (Å²) in [5.41, 5.74) is 4.47. The third-order valence-electron chi connectivity index (χ3n) is 4.32. The lowest BCUT2D eigenvalue weighted by atomic mass is 10.1. The zero-order valence-electron chi connectivity index (χ0n) is 16.6. The molecule has 0 fully saturated rings. The Bertz CT molecular complexity index is 1210. The van der Waals surface area contributed by atoms with Gasteiger partial charge in [0, 0.05) is 52.9 Å². The molecular formula is C23H19N5O2S. The molecular weight excluding hydrogens is 410 g/mol. The molecule has 0 radical (unpaired) electrons. The summed E-state index contributed by atoms with van der Waals surface area (Å²) in [5.74, 6) is -0.441. The molecule has 2 heterocycles. The van der Waals surface area contributed by atoms with Gasteiger partial charge in [-0.15, -0.1) is 11.3 Å². The maximum atomic E-state index is 12.5. The molecule has 154 valence electrons. The van der Waals surface area contributed by atoms with Crippen LogP contribution in [0.3, 0.4) is 0 Å². The van der Waals surface area contributed by atoms with Gasteiger partial charge in [0.25, 0.3) is 5.91 Å². The molecule has 0 atom stereocenters. The molecule has 8 heteroatoms. The van der Waals surface area contributed by atoms with Gasteiger partial charge < -0.3 is 16.0 Å². The number of hydrogen-bond donors (Lipinski definition) is 3. The summed E-state index contributed by atoms with van der Waals surface area (Å²) in [5, 5.41) is 11.6. The molecule has 0 unspecified atom stereocenters. The number of nitrogens with zero attached hydrogens (tertiary/aromatic N) is 2. The van der Waals surface area contributed by atoms with E-state index in [1.54, 1.807) is 36.7 Å². The number of carbonyl (C=O) groups is 2. The molecule has 3 N–H and O–H groups in total. The molecule has 0 aliphatic heterocycles. The standard InChI is InChI=1S/C23H19N5O2S/c1-15(29)25-20-4-2-3-17(13-20)22(30)26-18-5-7-19(8-6-18)27-23-28-21(14-31-23)16-9-11-24-12-10-16/h2-14H,1H3,(H,25,29)(H,26,30)(H,27,28). The minimum absolute atomic E-state index is 0.186. The number of hydrogen-bond acceptors (Lipinski definition) is 6. The monoisotopic (exact) mass is 429 g/mol. The van der Waals surface area contributed by atoms with E-state index in [0.717, 1.165) is 22.1 Å². The molecule has 0 saturated carbocycles. The number of aromatic nitrogens is 2. The van der Waals surface area contributed by atoms with Gasteiger partial charge in [-0.1, -0.05) is 6.07 Å². The van der Waals surface area contributed by atoms with Crippen molar-refractivity contribution in [2.75, 3.05) is 16.0 Å². The highest BCUT2D eigenvalue weighted by Gasteiger charge is 2.08. The Hall–Kier alpha value is -4.04. The van der Waals surface area contributed by atoms with Crippen LogP contribution in [0.25, 0.3) is 11.3 Å². The van der Waals surface area contributed by atoms with Crippen molar-refractivity contribution in [2.24, 2.45) is 0 Å². The quantitative estimate of drug-likeness (QED) is 0.393. The molecule has 2 amide bonds. The van der Waals surface area contributed by atoms with Gasteiger partial charge in [-0.3, -0.25) is 14.6 Å². The lowest BCUT2D eigenvalue weighted by Gasteiger charge is -2.08. The van der Waals surface area contributed by atoms with Crippen LogP contribution < -0.4 is 16.0 Å². The fourth-order valence-corrected chi connectivity index (χ4v) is 3.63. The van der Waals surface area contributed by atoms with E-state index in [2.05, 4.69) is 25.9 Å². The lowest BCUT2D eigenvalue weighted by molar-refractivity contribution is -0.114. The number of rotatable bonds is 6. The summed E-state index contributed by atoms with van der Waals surface area (Å²) in [6, 6.07) is 18.0. The van der Waals surface area contributed by atoms with Crippen LogP contribution >= 0.6 is 11.3 Å². The predicted octanol–water partition coefficient (Wildman–Crippen LogP) is 5.16. The molecule has 31 heavy (non-hydrogen) atoms. The number of pyridine rings is 1. The van der Waals surface area contributed by atoms with Crippen molar-refractivity contribution in [1.29, 1.82) is 0 Å². The molecule has 0 aliphatic rings. The topological polar surface area (TPSA) is 96.0 Å². The van der Waals surface area contributed by atoms with Crippen LogP contribution in [0.1, 0.15) is 17.3 Å². The van der Waals surface area contributed by atoms with Gasteiger partial charge in [-0.25, -0.2) is 4.98 Å². The van der Waals surface area contributed by atoms with Crippen LogP contribution in [0.15, 0.2) is 78.4 Å². The highest BCUT2D eigenvalue weighted by molar-refractivity contribution is 7.14. The minimum Gasteiger partial charge on any atom is -0.332 e. The van der Waals surface area contributed by atoms with Crippen LogP contribution in [-0.2, 0) is 4.79 Å². The Morgan fingerprint density at radius 2 is 1.61 bits per heavy atom. The van der Waals surface area contributed by atoms with Gasteiger partial charge >= 0.3 is 0 Å². The highest BCUT2D eigenvalue weighted by atomic mass is 32.1. The first-order valence-corrected chi connectivity index (χ1v) is 10.4. The van der Waals surface area contributed by atoms with Crippen molar-refractivity contribution in [1.82, 2.24) is 9.97 Å². The van der Waals surface area contributed by atoms with E-state index < -0.39 is 0 Å². The fourth-order valence-electron chi connectivity index (χ4n) is 2.89. The van der Waals surface area contributed by atoms with E-state index in [1.165, 1.54) is 18.3 Å². The van der Waals surface area contributed by atoms with Crippen LogP contribution in [0, 0.1) is 0 Å². The average Bonchev–Trinajstić information content (AvgIpc) is 3.24. The molecule has 4 aromatic rings.